The molecule has 0 aliphatic carbocycles. The van der Waals surface area contributed by atoms with Crippen LogP contribution in [0.2, 0.25) is 10.0 Å². The number of rotatable bonds is 5. The van der Waals surface area contributed by atoms with Crippen molar-refractivity contribution < 1.29 is 14.5 Å². The van der Waals surface area contributed by atoms with Gasteiger partial charge in [-0.25, -0.2) is 0 Å². The first-order valence-corrected chi connectivity index (χ1v) is 8.02. The summed E-state index contributed by atoms with van der Waals surface area (Å²) in [7, 11) is 0. The highest BCUT2D eigenvalue weighted by molar-refractivity contribution is 6.42. The van der Waals surface area contributed by atoms with E-state index in [4.69, 9.17) is 23.2 Å². The maximum Gasteiger partial charge on any atom is 0.272 e. The summed E-state index contributed by atoms with van der Waals surface area (Å²) in [5.41, 5.74) is 0.543. The van der Waals surface area contributed by atoms with Crippen LogP contribution in [0.1, 0.15) is 12.5 Å². The molecule has 7 nitrogen and oxygen atoms in total. The minimum atomic E-state index is -0.620. The average Bonchev–Trinajstić information content (AvgIpc) is 2.57. The maximum absolute atomic E-state index is 12.5. The smallest absolute Gasteiger partial charge is 0.272 e. The number of carbonyl (C=O) groups is 2. The van der Waals surface area contributed by atoms with Crippen LogP contribution in [0.15, 0.2) is 48.2 Å². The van der Waals surface area contributed by atoms with E-state index in [1.807, 2.05) is 0 Å². The number of nitro benzene ring substituents is 1. The summed E-state index contributed by atoms with van der Waals surface area (Å²) in [5, 5.41) is 16.4. The molecule has 0 bridgehead atoms. The Morgan fingerprint density at radius 1 is 1.12 bits per heavy atom. The van der Waals surface area contributed by atoms with E-state index < -0.39 is 16.7 Å². The highest BCUT2D eigenvalue weighted by Crippen LogP contribution is 2.25. The first-order valence-electron chi connectivity index (χ1n) is 7.26. The molecule has 2 amide bonds. The first kappa shape index (κ1) is 19.4. The van der Waals surface area contributed by atoms with Crippen LogP contribution in [0.3, 0.4) is 0 Å². The number of halogens is 2. The van der Waals surface area contributed by atoms with E-state index in [2.05, 4.69) is 10.6 Å². The molecule has 0 fully saturated rings. The molecule has 0 spiro atoms. The molecule has 0 heterocycles. The Morgan fingerprint density at radius 3 is 2.46 bits per heavy atom. The molecular weight excluding hydrogens is 381 g/mol. The van der Waals surface area contributed by atoms with Crippen molar-refractivity contribution in [2.24, 2.45) is 0 Å². The monoisotopic (exact) mass is 393 g/mol. The van der Waals surface area contributed by atoms with Gasteiger partial charge >= 0.3 is 0 Å². The van der Waals surface area contributed by atoms with Gasteiger partial charge in [-0.3, -0.25) is 19.7 Å². The quantitative estimate of drug-likeness (QED) is 0.454. The predicted octanol–water partition coefficient (Wildman–Crippen LogP) is 4.02. The molecule has 9 heteroatoms. The number of anilines is 1. The Balaban J connectivity index is 2.32. The molecule has 0 saturated carbocycles. The lowest BCUT2D eigenvalue weighted by atomic mass is 10.1. The van der Waals surface area contributed by atoms with Crippen molar-refractivity contribution in [2.75, 3.05) is 5.32 Å². The molecular formula is C17H13Cl2N3O4. The Bertz CT molecular complexity index is 913. The summed E-state index contributed by atoms with van der Waals surface area (Å²) in [6.45, 7) is 1.24. The molecule has 0 unspecified atom stereocenters. The summed E-state index contributed by atoms with van der Waals surface area (Å²) in [6.07, 6.45) is 1.33. The normalized spacial score (nSPS) is 11.0. The Kier molecular flexibility index (Phi) is 6.32. The van der Waals surface area contributed by atoms with Gasteiger partial charge in [0.25, 0.3) is 11.6 Å². The molecule has 2 rings (SSSR count). The van der Waals surface area contributed by atoms with Gasteiger partial charge in [-0.1, -0.05) is 35.3 Å². The van der Waals surface area contributed by atoms with E-state index in [9.17, 15) is 19.7 Å². The summed E-state index contributed by atoms with van der Waals surface area (Å²) < 4.78 is 0. The molecule has 2 N–H and O–H groups in total. The lowest BCUT2D eigenvalue weighted by Crippen LogP contribution is -2.28. The fraction of sp³-hybridized carbons (Fsp3) is 0.0588. The highest BCUT2D eigenvalue weighted by Gasteiger charge is 2.13. The van der Waals surface area contributed by atoms with Crippen LogP contribution < -0.4 is 10.6 Å². The van der Waals surface area contributed by atoms with Crippen molar-refractivity contribution in [1.82, 2.24) is 5.32 Å². The average molecular weight is 394 g/mol. The van der Waals surface area contributed by atoms with Gasteiger partial charge in [0.15, 0.2) is 0 Å². The number of hydrogen-bond acceptors (Lipinski definition) is 4. The summed E-state index contributed by atoms with van der Waals surface area (Å²) in [4.78, 5) is 34.2. The highest BCUT2D eigenvalue weighted by atomic mass is 35.5. The molecule has 0 aliphatic rings. The molecule has 0 aliphatic heterocycles. The van der Waals surface area contributed by atoms with Gasteiger partial charge in [0.05, 0.1) is 15.0 Å². The van der Waals surface area contributed by atoms with E-state index >= 15 is 0 Å². The lowest BCUT2D eigenvalue weighted by Gasteiger charge is -2.10. The fourth-order valence-electron chi connectivity index (χ4n) is 2.02. The van der Waals surface area contributed by atoms with Crippen molar-refractivity contribution in [2.45, 2.75) is 6.92 Å². The van der Waals surface area contributed by atoms with Gasteiger partial charge in [-0.05, 0) is 29.8 Å². The van der Waals surface area contributed by atoms with Gasteiger partial charge in [-0.2, -0.15) is 0 Å². The minimum absolute atomic E-state index is 0.0796. The van der Waals surface area contributed by atoms with Gasteiger partial charge in [-0.15, -0.1) is 0 Å². The molecule has 0 atom stereocenters. The minimum Gasteiger partial charge on any atom is -0.322 e. The van der Waals surface area contributed by atoms with Crippen LogP contribution >= 0.6 is 23.2 Å². The first-order chi connectivity index (χ1) is 12.3. The fourth-order valence-corrected chi connectivity index (χ4v) is 2.31. The number of benzene rings is 2. The third-order valence-corrected chi connectivity index (χ3v) is 3.86. The maximum atomic E-state index is 12.5. The Morgan fingerprint density at radius 2 is 1.85 bits per heavy atom. The molecule has 0 radical (unpaired) electrons. The SMILES string of the molecule is CC(=O)NC(=Cc1cccc([N+](=O)[O-])c1)C(=O)Nc1ccc(Cl)c(Cl)c1. The van der Waals surface area contributed by atoms with Gasteiger partial charge in [0.1, 0.15) is 5.70 Å². The molecule has 0 aromatic heterocycles. The number of amides is 2. The van der Waals surface area contributed by atoms with Crippen LogP contribution in [0.25, 0.3) is 6.08 Å². The largest absolute Gasteiger partial charge is 0.322 e. The number of nitro groups is 1. The van der Waals surface area contributed by atoms with E-state index in [0.29, 0.717) is 16.3 Å². The molecule has 134 valence electrons. The molecule has 26 heavy (non-hydrogen) atoms. The van der Waals surface area contributed by atoms with Crippen LogP contribution in [0.4, 0.5) is 11.4 Å². The van der Waals surface area contributed by atoms with Crippen molar-refractivity contribution in [3.63, 3.8) is 0 Å². The van der Waals surface area contributed by atoms with Crippen molar-refractivity contribution in [3.8, 4) is 0 Å². The van der Waals surface area contributed by atoms with Crippen molar-refractivity contribution in [1.29, 1.82) is 0 Å². The summed E-state index contributed by atoms with van der Waals surface area (Å²) in [5.74, 6) is -1.09. The summed E-state index contributed by atoms with van der Waals surface area (Å²) in [6, 6.07) is 10.2. The second kappa shape index (κ2) is 8.46. The number of non-ortho nitro benzene ring substituents is 1. The molecule has 2 aromatic rings. The second-order valence-electron chi connectivity index (χ2n) is 5.17. The van der Waals surface area contributed by atoms with E-state index in [1.54, 1.807) is 12.1 Å². The topological polar surface area (TPSA) is 101 Å². The standard InChI is InChI=1S/C17H13Cl2N3O4/c1-10(23)20-16(8-11-3-2-4-13(7-11)22(25)26)17(24)21-12-5-6-14(18)15(19)9-12/h2-9H,1H3,(H,20,23)(H,21,24). The third kappa shape index (κ3) is 5.30. The van der Waals surface area contributed by atoms with Crippen LogP contribution in [0, 0.1) is 10.1 Å². The Hall–Kier alpha value is -2.90. The number of carbonyl (C=O) groups excluding carboxylic acids is 2. The molecule has 2 aromatic carbocycles. The zero-order valence-electron chi connectivity index (χ0n) is 13.5. The number of hydrogen-bond donors (Lipinski definition) is 2. The van der Waals surface area contributed by atoms with E-state index in [0.717, 1.165) is 0 Å². The van der Waals surface area contributed by atoms with Crippen molar-refractivity contribution in [3.05, 3.63) is 73.9 Å². The van der Waals surface area contributed by atoms with E-state index in [1.165, 1.54) is 43.3 Å². The second-order valence-corrected chi connectivity index (χ2v) is 5.99. The van der Waals surface area contributed by atoms with Gasteiger partial charge < -0.3 is 10.6 Å². The van der Waals surface area contributed by atoms with Gasteiger partial charge in [0.2, 0.25) is 5.91 Å². The van der Waals surface area contributed by atoms with Crippen LogP contribution in [0.5, 0.6) is 0 Å². The Labute approximate surface area is 158 Å². The van der Waals surface area contributed by atoms with Crippen LogP contribution in [-0.2, 0) is 9.59 Å². The van der Waals surface area contributed by atoms with Crippen molar-refractivity contribution >= 4 is 52.5 Å². The van der Waals surface area contributed by atoms with E-state index in [-0.39, 0.29) is 16.4 Å². The zero-order valence-corrected chi connectivity index (χ0v) is 15.0. The number of nitrogens with one attached hydrogen (secondary N) is 2. The van der Waals surface area contributed by atoms with Gasteiger partial charge in [0, 0.05) is 24.7 Å². The predicted molar refractivity (Wildman–Crippen MR) is 100.0 cm³/mol. The lowest BCUT2D eigenvalue weighted by molar-refractivity contribution is -0.384. The third-order valence-electron chi connectivity index (χ3n) is 3.12. The number of nitrogens with zero attached hydrogens (tertiary/aromatic N) is 1. The summed E-state index contributed by atoms with van der Waals surface area (Å²) >= 11 is 11.7. The molecule has 0 saturated heterocycles. The van der Waals surface area contributed by atoms with Crippen LogP contribution in [-0.4, -0.2) is 16.7 Å². The zero-order chi connectivity index (χ0) is 19.3.